The predicted molar refractivity (Wildman–Crippen MR) is 56.1 cm³/mol. The molecule has 1 aromatic carbocycles. The molecule has 15 heavy (non-hydrogen) atoms. The predicted octanol–water partition coefficient (Wildman–Crippen LogP) is 2.13. The average molecular weight is 207 g/mol. The van der Waals surface area contributed by atoms with Gasteiger partial charge in [-0.2, -0.15) is 0 Å². The van der Waals surface area contributed by atoms with E-state index in [1.807, 2.05) is 13.8 Å². The first-order valence-electron chi connectivity index (χ1n) is 5.13. The van der Waals surface area contributed by atoms with Crippen LogP contribution in [0.2, 0.25) is 0 Å². The molecule has 1 fully saturated rings. The molecule has 1 aromatic rings. The zero-order valence-corrected chi connectivity index (χ0v) is 8.88. The third-order valence-electron chi connectivity index (χ3n) is 3.03. The van der Waals surface area contributed by atoms with Crippen LogP contribution in [0, 0.1) is 12.7 Å². The number of hydrogen-bond donors (Lipinski definition) is 1. The highest BCUT2D eigenvalue weighted by Gasteiger charge is 2.30. The van der Waals surface area contributed by atoms with Crippen LogP contribution in [-0.4, -0.2) is 11.9 Å². The van der Waals surface area contributed by atoms with Crippen LogP contribution in [0.15, 0.2) is 18.2 Å². The Morgan fingerprint density at radius 3 is 2.73 bits per heavy atom. The SMILES string of the molecule is Cc1cc(F)ccc1C1CC(=O)NC1C. The fourth-order valence-corrected chi connectivity index (χ4v) is 2.22. The Morgan fingerprint density at radius 1 is 1.47 bits per heavy atom. The number of hydrogen-bond acceptors (Lipinski definition) is 1. The Morgan fingerprint density at radius 2 is 2.20 bits per heavy atom. The fraction of sp³-hybridized carbons (Fsp3) is 0.417. The summed E-state index contributed by atoms with van der Waals surface area (Å²) >= 11 is 0. The van der Waals surface area contributed by atoms with Gasteiger partial charge in [0.05, 0.1) is 0 Å². The normalized spacial score (nSPS) is 25.4. The lowest BCUT2D eigenvalue weighted by Crippen LogP contribution is -2.24. The average Bonchev–Trinajstić information content (AvgIpc) is 2.45. The molecule has 0 aliphatic carbocycles. The van der Waals surface area contributed by atoms with Crippen molar-refractivity contribution in [2.45, 2.75) is 32.2 Å². The molecule has 2 rings (SSSR count). The van der Waals surface area contributed by atoms with Crippen molar-refractivity contribution >= 4 is 5.91 Å². The highest BCUT2D eigenvalue weighted by Crippen LogP contribution is 2.30. The summed E-state index contributed by atoms with van der Waals surface area (Å²) in [7, 11) is 0. The molecule has 2 nitrogen and oxygen atoms in total. The molecule has 2 atom stereocenters. The number of carbonyl (C=O) groups excluding carboxylic acids is 1. The molecule has 1 aliphatic rings. The molecule has 0 aromatic heterocycles. The number of halogens is 1. The minimum atomic E-state index is -0.221. The largest absolute Gasteiger partial charge is 0.353 e. The summed E-state index contributed by atoms with van der Waals surface area (Å²) in [6.07, 6.45) is 0.508. The Bertz CT molecular complexity index is 403. The van der Waals surface area contributed by atoms with E-state index in [4.69, 9.17) is 0 Å². The van der Waals surface area contributed by atoms with Gasteiger partial charge >= 0.3 is 0 Å². The van der Waals surface area contributed by atoms with E-state index in [9.17, 15) is 9.18 Å². The second-order valence-electron chi connectivity index (χ2n) is 4.17. The zero-order chi connectivity index (χ0) is 11.0. The van der Waals surface area contributed by atoms with Gasteiger partial charge in [0, 0.05) is 18.4 Å². The second-order valence-corrected chi connectivity index (χ2v) is 4.17. The summed E-state index contributed by atoms with van der Waals surface area (Å²) in [6, 6.07) is 4.90. The number of carbonyl (C=O) groups is 1. The number of nitrogens with one attached hydrogen (secondary N) is 1. The first kappa shape index (κ1) is 10.1. The molecule has 1 aliphatic heterocycles. The summed E-state index contributed by atoms with van der Waals surface area (Å²) in [4.78, 5) is 11.2. The number of rotatable bonds is 1. The van der Waals surface area contributed by atoms with Crippen molar-refractivity contribution in [3.63, 3.8) is 0 Å². The molecule has 2 unspecified atom stereocenters. The van der Waals surface area contributed by atoms with Crippen molar-refractivity contribution in [3.05, 3.63) is 35.1 Å². The minimum Gasteiger partial charge on any atom is -0.353 e. The van der Waals surface area contributed by atoms with E-state index >= 15 is 0 Å². The quantitative estimate of drug-likeness (QED) is 0.751. The number of amides is 1. The Balaban J connectivity index is 2.33. The summed E-state index contributed by atoms with van der Waals surface area (Å²) in [5.74, 6) is 0.0375. The second kappa shape index (κ2) is 3.65. The molecule has 0 bridgehead atoms. The lowest BCUT2D eigenvalue weighted by molar-refractivity contribution is -0.119. The molecule has 1 amide bonds. The maximum Gasteiger partial charge on any atom is 0.220 e. The Hall–Kier alpha value is -1.38. The van der Waals surface area contributed by atoms with Crippen molar-refractivity contribution in [3.8, 4) is 0 Å². The third-order valence-corrected chi connectivity index (χ3v) is 3.03. The lowest BCUT2D eigenvalue weighted by atomic mass is 9.89. The summed E-state index contributed by atoms with van der Waals surface area (Å²) < 4.78 is 12.9. The van der Waals surface area contributed by atoms with Crippen molar-refractivity contribution in [2.75, 3.05) is 0 Å². The maximum atomic E-state index is 12.9. The molecule has 3 heteroatoms. The smallest absolute Gasteiger partial charge is 0.220 e. The fourth-order valence-electron chi connectivity index (χ4n) is 2.22. The van der Waals surface area contributed by atoms with Crippen LogP contribution >= 0.6 is 0 Å². The van der Waals surface area contributed by atoms with Crippen LogP contribution in [0.5, 0.6) is 0 Å². The minimum absolute atomic E-state index is 0.0798. The van der Waals surface area contributed by atoms with Gasteiger partial charge in [0.2, 0.25) is 5.91 Å². The highest BCUT2D eigenvalue weighted by molar-refractivity contribution is 5.80. The molecular weight excluding hydrogens is 193 g/mol. The van der Waals surface area contributed by atoms with Crippen molar-refractivity contribution in [1.29, 1.82) is 0 Å². The Labute approximate surface area is 88.5 Å². The van der Waals surface area contributed by atoms with E-state index in [1.165, 1.54) is 12.1 Å². The maximum absolute atomic E-state index is 12.9. The van der Waals surface area contributed by atoms with E-state index in [-0.39, 0.29) is 23.7 Å². The van der Waals surface area contributed by atoms with E-state index in [0.29, 0.717) is 6.42 Å². The number of benzene rings is 1. The van der Waals surface area contributed by atoms with Crippen molar-refractivity contribution < 1.29 is 9.18 Å². The van der Waals surface area contributed by atoms with Gasteiger partial charge in [-0.3, -0.25) is 4.79 Å². The van der Waals surface area contributed by atoms with Crippen LogP contribution in [-0.2, 0) is 4.79 Å². The molecule has 1 heterocycles. The van der Waals surface area contributed by atoms with Gasteiger partial charge in [0.25, 0.3) is 0 Å². The van der Waals surface area contributed by atoms with Gasteiger partial charge < -0.3 is 5.32 Å². The van der Waals surface area contributed by atoms with Gasteiger partial charge in [-0.25, -0.2) is 4.39 Å². The molecule has 0 spiro atoms. The van der Waals surface area contributed by atoms with Crippen molar-refractivity contribution in [1.82, 2.24) is 5.32 Å². The summed E-state index contributed by atoms with van der Waals surface area (Å²) in [5, 5.41) is 2.87. The van der Waals surface area contributed by atoms with Crippen LogP contribution in [0.4, 0.5) is 4.39 Å². The standard InChI is InChI=1S/C12H14FNO/c1-7-5-9(13)3-4-10(7)11-6-12(15)14-8(11)2/h3-5,8,11H,6H2,1-2H3,(H,14,15). The van der Waals surface area contributed by atoms with Crippen LogP contribution in [0.1, 0.15) is 30.4 Å². The van der Waals surface area contributed by atoms with Crippen LogP contribution in [0.25, 0.3) is 0 Å². The third kappa shape index (κ3) is 1.87. The zero-order valence-electron chi connectivity index (χ0n) is 8.88. The molecule has 0 saturated carbocycles. The first-order valence-corrected chi connectivity index (χ1v) is 5.13. The Kier molecular flexibility index (Phi) is 2.47. The van der Waals surface area contributed by atoms with Gasteiger partial charge in [-0.1, -0.05) is 6.07 Å². The van der Waals surface area contributed by atoms with E-state index in [2.05, 4.69) is 5.32 Å². The summed E-state index contributed by atoms with van der Waals surface area (Å²) in [6.45, 7) is 3.87. The van der Waals surface area contributed by atoms with Gasteiger partial charge in [-0.05, 0) is 37.1 Å². The van der Waals surface area contributed by atoms with Crippen molar-refractivity contribution in [2.24, 2.45) is 0 Å². The highest BCUT2D eigenvalue weighted by atomic mass is 19.1. The van der Waals surface area contributed by atoms with Crippen LogP contribution in [0.3, 0.4) is 0 Å². The number of aryl methyl sites for hydroxylation is 1. The van der Waals surface area contributed by atoms with E-state index in [1.54, 1.807) is 6.07 Å². The topological polar surface area (TPSA) is 29.1 Å². The summed E-state index contributed by atoms with van der Waals surface area (Å²) in [5.41, 5.74) is 1.99. The molecule has 1 saturated heterocycles. The molecule has 0 radical (unpaired) electrons. The van der Waals surface area contributed by atoms with Gasteiger partial charge in [0.1, 0.15) is 5.82 Å². The first-order chi connectivity index (χ1) is 7.08. The molecule has 1 N–H and O–H groups in total. The van der Waals surface area contributed by atoms with Crippen LogP contribution < -0.4 is 5.32 Å². The van der Waals surface area contributed by atoms with Gasteiger partial charge in [0.15, 0.2) is 0 Å². The lowest BCUT2D eigenvalue weighted by Gasteiger charge is -2.16. The molecular formula is C12H14FNO. The van der Waals surface area contributed by atoms with E-state index in [0.717, 1.165) is 11.1 Å². The molecule has 80 valence electrons. The van der Waals surface area contributed by atoms with E-state index < -0.39 is 0 Å². The van der Waals surface area contributed by atoms with Gasteiger partial charge in [-0.15, -0.1) is 0 Å². The monoisotopic (exact) mass is 207 g/mol.